The van der Waals surface area contributed by atoms with Crippen molar-refractivity contribution in [3.8, 4) is 0 Å². The molecule has 1 N–H and O–H groups in total. The van der Waals surface area contributed by atoms with Gasteiger partial charge in [-0.25, -0.2) is 4.98 Å². The first-order valence-corrected chi connectivity index (χ1v) is 9.28. The van der Waals surface area contributed by atoms with Crippen LogP contribution in [-0.4, -0.2) is 32.8 Å². The fourth-order valence-electron chi connectivity index (χ4n) is 2.94. The molecular weight excluding hydrogens is 381 g/mol. The van der Waals surface area contributed by atoms with Crippen molar-refractivity contribution in [3.05, 3.63) is 39.1 Å². The molecule has 0 fully saturated rings. The topological polar surface area (TPSA) is 67.2 Å². The highest BCUT2D eigenvalue weighted by molar-refractivity contribution is 7.14. The molecule has 1 aliphatic heterocycles. The number of nitrogens with one attached hydrogen (secondary N) is 1. The summed E-state index contributed by atoms with van der Waals surface area (Å²) in [7, 11) is 1.81. The van der Waals surface area contributed by atoms with E-state index in [1.54, 1.807) is 14.0 Å². The Morgan fingerprint density at radius 2 is 2.07 bits per heavy atom. The quantitative estimate of drug-likeness (QED) is 0.858. The maximum Gasteiger partial charge on any atom is 0.425 e. The standard InChI is InChI=1S/C17H19F3N4O2S/c1-3-15(25)21-8-14-22-10-6-7-24(9-11(10)23(14)2)16(26)12-4-5-13(27-12)17(18,19)20/h4-5H,3,6-9H2,1-2H3,(H,21,25). The van der Waals surface area contributed by atoms with Gasteiger partial charge in [0, 0.05) is 26.4 Å². The second kappa shape index (κ2) is 7.34. The number of amides is 2. The zero-order chi connectivity index (χ0) is 19.8. The van der Waals surface area contributed by atoms with Crippen LogP contribution in [0.5, 0.6) is 0 Å². The number of fused-ring (bicyclic) bond motifs is 1. The van der Waals surface area contributed by atoms with Crippen molar-refractivity contribution in [2.45, 2.75) is 39.0 Å². The SMILES string of the molecule is CCC(=O)NCc1nc2c(n1C)CN(C(=O)c1ccc(C(F)(F)F)s1)CC2. The Morgan fingerprint density at radius 3 is 2.70 bits per heavy atom. The van der Waals surface area contributed by atoms with E-state index in [1.807, 2.05) is 4.57 Å². The smallest absolute Gasteiger partial charge is 0.349 e. The first-order valence-electron chi connectivity index (χ1n) is 8.47. The summed E-state index contributed by atoms with van der Waals surface area (Å²) >= 11 is 0.460. The Balaban J connectivity index is 1.74. The first-order chi connectivity index (χ1) is 12.7. The molecule has 2 aromatic heterocycles. The van der Waals surface area contributed by atoms with Crippen LogP contribution >= 0.6 is 11.3 Å². The molecule has 0 saturated heterocycles. The van der Waals surface area contributed by atoms with Gasteiger partial charge in [-0.1, -0.05) is 6.92 Å². The molecule has 27 heavy (non-hydrogen) atoms. The largest absolute Gasteiger partial charge is 0.425 e. The van der Waals surface area contributed by atoms with E-state index in [4.69, 9.17) is 0 Å². The van der Waals surface area contributed by atoms with E-state index in [0.29, 0.717) is 43.1 Å². The molecule has 0 spiro atoms. The summed E-state index contributed by atoms with van der Waals surface area (Å²) in [4.78, 5) is 29.4. The molecule has 0 aromatic carbocycles. The van der Waals surface area contributed by atoms with Gasteiger partial charge in [0.1, 0.15) is 10.7 Å². The number of halogens is 3. The molecule has 6 nitrogen and oxygen atoms in total. The van der Waals surface area contributed by atoms with Crippen molar-refractivity contribution in [1.82, 2.24) is 19.8 Å². The summed E-state index contributed by atoms with van der Waals surface area (Å²) < 4.78 is 40.1. The lowest BCUT2D eigenvalue weighted by atomic mass is 10.1. The molecule has 2 aromatic rings. The Kier molecular flexibility index (Phi) is 5.27. The molecule has 0 saturated carbocycles. The van der Waals surface area contributed by atoms with Crippen molar-refractivity contribution in [2.75, 3.05) is 6.54 Å². The second-order valence-corrected chi connectivity index (χ2v) is 7.33. The lowest BCUT2D eigenvalue weighted by Gasteiger charge is -2.26. The van der Waals surface area contributed by atoms with E-state index in [1.165, 1.54) is 11.0 Å². The average Bonchev–Trinajstić information content (AvgIpc) is 3.24. The molecule has 0 bridgehead atoms. The van der Waals surface area contributed by atoms with Crippen LogP contribution in [0.3, 0.4) is 0 Å². The van der Waals surface area contributed by atoms with E-state index in [9.17, 15) is 22.8 Å². The van der Waals surface area contributed by atoms with Gasteiger partial charge >= 0.3 is 6.18 Å². The zero-order valence-corrected chi connectivity index (χ0v) is 15.7. The first kappa shape index (κ1) is 19.4. The predicted molar refractivity (Wildman–Crippen MR) is 93.1 cm³/mol. The zero-order valence-electron chi connectivity index (χ0n) is 14.9. The summed E-state index contributed by atoms with van der Waals surface area (Å²) in [5.74, 6) is 0.195. The van der Waals surface area contributed by atoms with Crippen molar-refractivity contribution in [3.63, 3.8) is 0 Å². The lowest BCUT2D eigenvalue weighted by molar-refractivity contribution is -0.134. The van der Waals surface area contributed by atoms with E-state index in [2.05, 4.69) is 10.3 Å². The molecule has 0 atom stereocenters. The molecule has 1 aliphatic rings. The number of imidazole rings is 1. The minimum absolute atomic E-state index is 0.0726. The second-order valence-electron chi connectivity index (χ2n) is 6.25. The van der Waals surface area contributed by atoms with E-state index >= 15 is 0 Å². The molecule has 146 valence electrons. The van der Waals surface area contributed by atoms with Crippen LogP contribution in [0.1, 0.15) is 45.1 Å². The van der Waals surface area contributed by atoms with Crippen molar-refractivity contribution in [1.29, 1.82) is 0 Å². The van der Waals surface area contributed by atoms with Gasteiger partial charge in [0.25, 0.3) is 5.91 Å². The van der Waals surface area contributed by atoms with Gasteiger partial charge in [-0.3, -0.25) is 9.59 Å². The van der Waals surface area contributed by atoms with Gasteiger partial charge in [-0.2, -0.15) is 13.2 Å². The van der Waals surface area contributed by atoms with Crippen LogP contribution < -0.4 is 5.32 Å². The highest BCUT2D eigenvalue weighted by Gasteiger charge is 2.34. The van der Waals surface area contributed by atoms with Crippen LogP contribution in [-0.2, 0) is 37.5 Å². The van der Waals surface area contributed by atoms with E-state index < -0.39 is 17.0 Å². The summed E-state index contributed by atoms with van der Waals surface area (Å²) in [5.41, 5.74) is 1.69. The fraction of sp³-hybridized carbons (Fsp3) is 0.471. The minimum atomic E-state index is -4.45. The van der Waals surface area contributed by atoms with Crippen LogP contribution in [0.15, 0.2) is 12.1 Å². The molecule has 2 amide bonds. The Hall–Kier alpha value is -2.36. The minimum Gasteiger partial charge on any atom is -0.349 e. The third kappa shape index (κ3) is 4.00. The van der Waals surface area contributed by atoms with Gasteiger partial charge in [0.2, 0.25) is 5.91 Å². The molecule has 0 radical (unpaired) electrons. The molecule has 10 heteroatoms. The molecular formula is C17H19F3N4O2S. The summed E-state index contributed by atoms with van der Waals surface area (Å²) in [6, 6.07) is 2.16. The summed E-state index contributed by atoms with van der Waals surface area (Å²) in [6.07, 6.45) is -3.54. The van der Waals surface area contributed by atoms with E-state index in [0.717, 1.165) is 17.5 Å². The number of thiophene rings is 1. The third-order valence-corrected chi connectivity index (χ3v) is 5.61. The van der Waals surface area contributed by atoms with Crippen molar-refractivity contribution < 1.29 is 22.8 Å². The summed E-state index contributed by atoms with van der Waals surface area (Å²) in [6.45, 7) is 2.72. The highest BCUT2D eigenvalue weighted by Crippen LogP contribution is 2.35. The van der Waals surface area contributed by atoms with Gasteiger partial charge in [-0.15, -0.1) is 11.3 Å². The van der Waals surface area contributed by atoms with E-state index in [-0.39, 0.29) is 17.3 Å². The van der Waals surface area contributed by atoms with Crippen molar-refractivity contribution >= 4 is 23.2 Å². The van der Waals surface area contributed by atoms with Crippen LogP contribution in [0.2, 0.25) is 0 Å². The van der Waals surface area contributed by atoms with Gasteiger partial charge < -0.3 is 14.8 Å². The fourth-order valence-corrected chi connectivity index (χ4v) is 3.78. The maximum atomic E-state index is 12.8. The molecule has 0 aliphatic carbocycles. The monoisotopic (exact) mass is 400 g/mol. The molecule has 3 heterocycles. The number of aromatic nitrogens is 2. The number of carbonyl (C=O) groups is 2. The lowest BCUT2D eigenvalue weighted by Crippen LogP contribution is -2.36. The number of rotatable bonds is 4. The number of alkyl halides is 3. The molecule has 0 unspecified atom stereocenters. The number of hydrogen-bond donors (Lipinski definition) is 1. The van der Waals surface area contributed by atoms with Crippen LogP contribution in [0.4, 0.5) is 13.2 Å². The van der Waals surface area contributed by atoms with Gasteiger partial charge in [0.05, 0.1) is 29.4 Å². The third-order valence-electron chi connectivity index (χ3n) is 4.50. The van der Waals surface area contributed by atoms with Crippen LogP contribution in [0.25, 0.3) is 0 Å². The number of nitrogens with zero attached hydrogens (tertiary/aromatic N) is 3. The number of carbonyl (C=O) groups excluding carboxylic acids is 2. The summed E-state index contributed by atoms with van der Waals surface area (Å²) in [5, 5.41) is 2.77. The highest BCUT2D eigenvalue weighted by atomic mass is 32.1. The van der Waals surface area contributed by atoms with Gasteiger partial charge in [-0.05, 0) is 12.1 Å². The number of hydrogen-bond acceptors (Lipinski definition) is 4. The Morgan fingerprint density at radius 1 is 1.33 bits per heavy atom. The average molecular weight is 400 g/mol. The Labute approximate surface area is 158 Å². The maximum absolute atomic E-state index is 12.8. The molecule has 3 rings (SSSR count). The predicted octanol–water partition coefficient (Wildman–Crippen LogP) is 2.73. The Bertz CT molecular complexity index is 872. The van der Waals surface area contributed by atoms with Gasteiger partial charge in [0.15, 0.2) is 0 Å². The van der Waals surface area contributed by atoms with Crippen molar-refractivity contribution in [2.24, 2.45) is 7.05 Å². The normalized spacial score (nSPS) is 14.2. The van der Waals surface area contributed by atoms with Crippen LogP contribution in [0, 0.1) is 0 Å².